The molecule has 6 rings (SSSR count). The molecule has 2 aromatic carbocycles. The lowest BCUT2D eigenvalue weighted by atomic mass is 10.0. The minimum Gasteiger partial charge on any atom is -0.421 e. The normalized spacial score (nSPS) is 11.4. The average Bonchev–Trinajstić information content (AvgIpc) is 3.68. The number of pyridine rings is 2. The number of ether oxygens (including phenoxy) is 1. The molecule has 0 radical (unpaired) electrons. The van der Waals surface area contributed by atoms with Gasteiger partial charge in [-0.25, -0.2) is 9.97 Å². The highest BCUT2D eigenvalue weighted by Crippen LogP contribution is 2.32. The maximum Gasteiger partial charge on any atom is 0.221 e. The lowest BCUT2D eigenvalue weighted by Gasteiger charge is -2.17. The van der Waals surface area contributed by atoms with Gasteiger partial charge in [-0.15, -0.1) is 0 Å². The third-order valence-electron chi connectivity index (χ3n) is 7.32. The molecular weight excluding hydrogens is 504 g/mol. The Morgan fingerprint density at radius 1 is 0.488 bits per heavy atom. The zero-order valence-electron chi connectivity index (χ0n) is 23.9. The number of nitrogens with zero attached hydrogens (tertiary/aromatic N) is 4. The van der Waals surface area contributed by atoms with E-state index in [1.165, 1.54) is 11.1 Å². The monoisotopic (exact) mass is 538 g/mol. The molecule has 0 atom stereocenters. The largest absolute Gasteiger partial charge is 0.421 e. The zero-order valence-corrected chi connectivity index (χ0v) is 23.9. The molecule has 0 unspecified atom stereocenters. The Kier molecular flexibility index (Phi) is 7.26. The summed E-state index contributed by atoms with van der Waals surface area (Å²) in [4.78, 5) is 9.74. The van der Waals surface area contributed by atoms with Gasteiger partial charge in [0.1, 0.15) is 0 Å². The third-order valence-corrected chi connectivity index (χ3v) is 7.32. The van der Waals surface area contributed by atoms with Crippen LogP contribution in [0.25, 0.3) is 34.2 Å². The van der Waals surface area contributed by atoms with E-state index in [0.29, 0.717) is 23.6 Å². The lowest BCUT2D eigenvalue weighted by molar-refractivity contribution is 0.446. The fraction of sp³-hybridized carbons (Fsp3) is 0.167. The number of hydrogen-bond donors (Lipinski definition) is 0. The van der Waals surface area contributed by atoms with Gasteiger partial charge >= 0.3 is 0 Å². The predicted molar refractivity (Wildman–Crippen MR) is 166 cm³/mol. The molecule has 0 saturated carbocycles. The van der Waals surface area contributed by atoms with Crippen LogP contribution in [0.15, 0.2) is 122 Å². The Labute approximate surface area is 241 Å². The van der Waals surface area contributed by atoms with Crippen molar-refractivity contribution in [1.82, 2.24) is 19.1 Å². The molecule has 4 heterocycles. The zero-order chi connectivity index (χ0) is 28.3. The summed E-state index contributed by atoms with van der Waals surface area (Å²) in [5, 5.41) is 0. The smallest absolute Gasteiger partial charge is 0.221 e. The first kappa shape index (κ1) is 26.3. The van der Waals surface area contributed by atoms with Crippen LogP contribution < -0.4 is 4.74 Å². The van der Waals surface area contributed by atoms with E-state index in [1.807, 2.05) is 36.4 Å². The first-order chi connectivity index (χ1) is 20.0. The summed E-state index contributed by atoms with van der Waals surface area (Å²) in [6.07, 6.45) is 4.17. The summed E-state index contributed by atoms with van der Waals surface area (Å²) in [5.41, 5.74) is 8.58. The van der Waals surface area contributed by atoms with Crippen LogP contribution in [0.2, 0.25) is 0 Å². The number of benzene rings is 2. The second kappa shape index (κ2) is 11.3. The molecule has 6 aromatic rings. The van der Waals surface area contributed by atoms with Gasteiger partial charge in [-0.2, -0.15) is 0 Å². The molecule has 204 valence electrons. The molecule has 5 heteroatoms. The van der Waals surface area contributed by atoms with E-state index >= 15 is 0 Å². The fourth-order valence-electron chi connectivity index (χ4n) is 5.33. The van der Waals surface area contributed by atoms with E-state index in [0.717, 1.165) is 34.2 Å². The summed E-state index contributed by atoms with van der Waals surface area (Å²) in [6, 6.07) is 37.0. The summed E-state index contributed by atoms with van der Waals surface area (Å²) in [5.74, 6) is 1.81. The van der Waals surface area contributed by atoms with E-state index in [-0.39, 0.29) is 0 Å². The maximum absolute atomic E-state index is 6.23. The topological polar surface area (TPSA) is 44.9 Å². The van der Waals surface area contributed by atoms with Crippen molar-refractivity contribution >= 4 is 0 Å². The van der Waals surface area contributed by atoms with Crippen LogP contribution in [0.4, 0.5) is 0 Å². The SMILES string of the molecule is CC(C)c1ccccc1-n1cccc1-c1cccc(Oc2cccc(-c3cccn3-c3ccccc3C(C)C)n2)n1. The molecule has 0 spiro atoms. The molecular formula is C36H34N4O. The van der Waals surface area contributed by atoms with Gasteiger partial charge in [0.25, 0.3) is 0 Å². The van der Waals surface area contributed by atoms with Crippen LogP contribution in [0.1, 0.15) is 50.7 Å². The lowest BCUT2D eigenvalue weighted by Crippen LogP contribution is -2.03. The molecule has 0 amide bonds. The van der Waals surface area contributed by atoms with Gasteiger partial charge in [-0.3, -0.25) is 0 Å². The minimum absolute atomic E-state index is 0.405. The Morgan fingerprint density at radius 2 is 0.927 bits per heavy atom. The molecule has 0 bridgehead atoms. The van der Waals surface area contributed by atoms with Crippen molar-refractivity contribution in [1.29, 1.82) is 0 Å². The van der Waals surface area contributed by atoms with Gasteiger partial charge < -0.3 is 13.9 Å². The summed E-state index contributed by atoms with van der Waals surface area (Å²) >= 11 is 0. The van der Waals surface area contributed by atoms with Crippen LogP contribution in [-0.2, 0) is 0 Å². The highest BCUT2D eigenvalue weighted by molar-refractivity contribution is 5.63. The second-order valence-electron chi connectivity index (χ2n) is 10.8. The van der Waals surface area contributed by atoms with E-state index < -0.39 is 0 Å². The van der Waals surface area contributed by atoms with Crippen molar-refractivity contribution in [2.45, 2.75) is 39.5 Å². The Hall–Kier alpha value is -4.90. The number of aromatic nitrogens is 4. The fourth-order valence-corrected chi connectivity index (χ4v) is 5.33. The number of hydrogen-bond acceptors (Lipinski definition) is 3. The van der Waals surface area contributed by atoms with Crippen molar-refractivity contribution in [3.8, 4) is 45.9 Å². The van der Waals surface area contributed by atoms with Crippen molar-refractivity contribution in [3.05, 3.63) is 133 Å². The quantitative estimate of drug-likeness (QED) is 0.194. The molecule has 4 aromatic heterocycles. The average molecular weight is 539 g/mol. The van der Waals surface area contributed by atoms with Crippen LogP contribution in [-0.4, -0.2) is 19.1 Å². The number of rotatable bonds is 8. The molecule has 0 fully saturated rings. The molecule has 0 aliphatic rings. The third kappa shape index (κ3) is 5.31. The van der Waals surface area contributed by atoms with Crippen LogP contribution in [0.5, 0.6) is 11.8 Å². The first-order valence-electron chi connectivity index (χ1n) is 14.2. The summed E-state index contributed by atoms with van der Waals surface area (Å²) < 4.78 is 10.6. The highest BCUT2D eigenvalue weighted by atomic mass is 16.5. The molecule has 0 N–H and O–H groups in total. The predicted octanol–water partition coefficient (Wildman–Crippen LogP) is 9.43. The number of para-hydroxylation sites is 2. The van der Waals surface area contributed by atoms with Gasteiger partial charge in [0.2, 0.25) is 11.8 Å². The molecule has 41 heavy (non-hydrogen) atoms. The van der Waals surface area contributed by atoms with Gasteiger partial charge in [0.05, 0.1) is 22.8 Å². The van der Waals surface area contributed by atoms with Crippen LogP contribution >= 0.6 is 0 Å². The molecule has 5 nitrogen and oxygen atoms in total. The minimum atomic E-state index is 0.405. The maximum atomic E-state index is 6.23. The molecule has 0 aliphatic heterocycles. The van der Waals surface area contributed by atoms with E-state index in [4.69, 9.17) is 14.7 Å². The van der Waals surface area contributed by atoms with Crippen molar-refractivity contribution in [2.75, 3.05) is 0 Å². The van der Waals surface area contributed by atoms with Crippen molar-refractivity contribution < 1.29 is 4.74 Å². The molecule has 0 aliphatic carbocycles. The van der Waals surface area contributed by atoms with Crippen molar-refractivity contribution in [2.24, 2.45) is 0 Å². The summed E-state index contributed by atoms with van der Waals surface area (Å²) in [7, 11) is 0. The van der Waals surface area contributed by atoms with Gasteiger partial charge in [0.15, 0.2) is 0 Å². The molecule has 0 saturated heterocycles. The standard InChI is InChI=1S/C36H34N4O/c1-25(2)27-13-5-7-17-31(27)39-23-11-19-33(39)29-15-9-21-35(37-29)41-36-22-10-16-30(38-36)34-20-12-24-40(34)32-18-8-6-14-28(32)26(3)4/h5-26H,1-4H3. The van der Waals surface area contributed by atoms with Crippen molar-refractivity contribution in [3.63, 3.8) is 0 Å². The van der Waals surface area contributed by atoms with E-state index in [9.17, 15) is 0 Å². The van der Waals surface area contributed by atoms with Gasteiger partial charge in [-0.1, -0.05) is 76.2 Å². The van der Waals surface area contributed by atoms with Gasteiger partial charge in [0, 0.05) is 35.9 Å². The van der Waals surface area contributed by atoms with Crippen LogP contribution in [0.3, 0.4) is 0 Å². The highest BCUT2D eigenvalue weighted by Gasteiger charge is 2.15. The summed E-state index contributed by atoms with van der Waals surface area (Å²) in [6.45, 7) is 8.87. The first-order valence-corrected chi connectivity index (χ1v) is 14.2. The van der Waals surface area contributed by atoms with E-state index in [2.05, 4.69) is 122 Å². The van der Waals surface area contributed by atoms with Crippen LogP contribution in [0, 0.1) is 0 Å². The van der Waals surface area contributed by atoms with Gasteiger partial charge in [-0.05, 0) is 71.5 Å². The Morgan fingerprint density at radius 3 is 1.37 bits per heavy atom. The van der Waals surface area contributed by atoms with E-state index in [1.54, 1.807) is 0 Å². The Balaban J connectivity index is 1.31. The Bertz CT molecular complexity index is 1660. The second-order valence-corrected chi connectivity index (χ2v) is 10.8.